The van der Waals surface area contributed by atoms with Gasteiger partial charge in [0.1, 0.15) is 6.33 Å². The van der Waals surface area contributed by atoms with Gasteiger partial charge in [0.25, 0.3) is 0 Å². The van der Waals surface area contributed by atoms with E-state index in [1.807, 2.05) is 6.20 Å². The molecule has 1 aliphatic rings. The van der Waals surface area contributed by atoms with E-state index in [0.717, 1.165) is 12.3 Å². The summed E-state index contributed by atoms with van der Waals surface area (Å²) in [6, 6.07) is 0. The molecule has 1 aromatic heterocycles. The summed E-state index contributed by atoms with van der Waals surface area (Å²) in [4.78, 5) is 8.87. The largest absolute Gasteiger partial charge is 0.244 e. The minimum atomic E-state index is 0.607. The van der Waals surface area contributed by atoms with Crippen LogP contribution in [0.15, 0.2) is 12.5 Å². The topological polar surface area (TPSA) is 25.8 Å². The van der Waals surface area contributed by atoms with Gasteiger partial charge < -0.3 is 0 Å². The molecule has 13 heavy (non-hydrogen) atoms. The fourth-order valence-corrected chi connectivity index (χ4v) is 2.65. The molecule has 0 spiro atoms. The van der Waals surface area contributed by atoms with E-state index in [2.05, 4.69) is 48.5 Å². The summed E-state index contributed by atoms with van der Waals surface area (Å²) in [5.74, 6) is 0.880. The van der Waals surface area contributed by atoms with Crippen LogP contribution in [-0.4, -0.2) is 14.8 Å². The summed E-state index contributed by atoms with van der Waals surface area (Å²) in [6.45, 7) is 0. The number of hydrogen-bond donors (Lipinski definition) is 0. The Hall–Kier alpha value is 0.290. The van der Waals surface area contributed by atoms with Gasteiger partial charge in [0.05, 0.1) is 9.26 Å². The predicted molar refractivity (Wildman–Crippen MR) is 63.9 cm³/mol. The highest BCUT2D eigenvalue weighted by atomic mass is 127. The van der Waals surface area contributed by atoms with Gasteiger partial charge in [-0.3, -0.25) is 0 Å². The van der Waals surface area contributed by atoms with Crippen LogP contribution in [0.2, 0.25) is 0 Å². The minimum absolute atomic E-state index is 0.607. The zero-order valence-electron chi connectivity index (χ0n) is 7.08. The van der Waals surface area contributed by atoms with Gasteiger partial charge in [0.15, 0.2) is 0 Å². The Kier molecular flexibility index (Phi) is 3.18. The van der Waals surface area contributed by atoms with E-state index >= 15 is 0 Å². The molecule has 0 aliphatic heterocycles. The molecule has 1 heterocycles. The van der Waals surface area contributed by atoms with Crippen molar-refractivity contribution in [1.29, 1.82) is 0 Å². The van der Waals surface area contributed by atoms with Gasteiger partial charge in [-0.1, -0.05) is 15.9 Å². The first-order chi connectivity index (χ1) is 6.27. The van der Waals surface area contributed by atoms with Crippen LogP contribution in [0.4, 0.5) is 0 Å². The van der Waals surface area contributed by atoms with E-state index in [9.17, 15) is 0 Å². The van der Waals surface area contributed by atoms with Gasteiger partial charge in [-0.05, 0) is 41.4 Å². The summed E-state index contributed by atoms with van der Waals surface area (Å²) in [5, 5.41) is 0. The molecule has 1 fully saturated rings. The summed E-state index contributed by atoms with van der Waals surface area (Å²) in [7, 11) is 0. The molecule has 0 saturated heterocycles. The molecule has 2 rings (SSSR count). The number of halogens is 2. The second kappa shape index (κ2) is 4.21. The molecule has 0 N–H and O–H groups in total. The van der Waals surface area contributed by atoms with Crippen molar-refractivity contribution in [3.63, 3.8) is 0 Å². The lowest BCUT2D eigenvalue weighted by atomic mass is 10.2. The lowest BCUT2D eigenvalue weighted by molar-refractivity contribution is 0.741. The van der Waals surface area contributed by atoms with Crippen LogP contribution >= 0.6 is 38.5 Å². The Morgan fingerprint density at radius 1 is 1.62 bits per heavy atom. The molecule has 4 heteroatoms. The van der Waals surface area contributed by atoms with Crippen molar-refractivity contribution < 1.29 is 0 Å². The van der Waals surface area contributed by atoms with Crippen LogP contribution in [0.1, 0.15) is 18.5 Å². The number of aromatic nitrogens is 2. The molecule has 1 aromatic rings. The molecule has 0 aromatic carbocycles. The first kappa shape index (κ1) is 9.83. The smallest absolute Gasteiger partial charge is 0.115 e. The van der Waals surface area contributed by atoms with E-state index in [4.69, 9.17) is 0 Å². The maximum Gasteiger partial charge on any atom is 0.115 e. The number of rotatable bonds is 3. The molecule has 1 atom stereocenters. The number of alkyl halides is 1. The molecule has 0 amide bonds. The molecular weight excluding hydrogens is 343 g/mol. The van der Waals surface area contributed by atoms with Crippen LogP contribution in [0.3, 0.4) is 0 Å². The van der Waals surface area contributed by atoms with Gasteiger partial charge in [-0.25, -0.2) is 9.97 Å². The zero-order valence-corrected chi connectivity index (χ0v) is 10.8. The highest BCUT2D eigenvalue weighted by Gasteiger charge is 2.29. The molecule has 1 saturated carbocycles. The van der Waals surface area contributed by atoms with Crippen molar-refractivity contribution in [2.45, 2.75) is 24.1 Å². The second-order valence-electron chi connectivity index (χ2n) is 3.37. The summed E-state index contributed by atoms with van der Waals surface area (Å²) < 4.78 is 1.17. The van der Waals surface area contributed by atoms with Crippen molar-refractivity contribution in [3.8, 4) is 0 Å². The Balaban J connectivity index is 2.03. The van der Waals surface area contributed by atoms with Crippen molar-refractivity contribution in [3.05, 3.63) is 21.8 Å². The lowest BCUT2D eigenvalue weighted by Gasteiger charge is -2.07. The predicted octanol–water partition coefficient (Wildman–Crippen LogP) is 2.80. The molecular formula is C9H10BrIN2. The maximum atomic E-state index is 4.28. The molecule has 0 radical (unpaired) electrons. The van der Waals surface area contributed by atoms with Crippen LogP contribution < -0.4 is 0 Å². The fourth-order valence-electron chi connectivity index (χ4n) is 1.30. The van der Waals surface area contributed by atoms with E-state index < -0.39 is 0 Å². The van der Waals surface area contributed by atoms with E-state index in [1.165, 1.54) is 22.1 Å². The third-order valence-electron chi connectivity index (χ3n) is 2.27. The third-order valence-corrected chi connectivity index (χ3v) is 4.24. The van der Waals surface area contributed by atoms with E-state index in [0.29, 0.717) is 4.83 Å². The maximum absolute atomic E-state index is 4.28. The first-order valence-corrected chi connectivity index (χ1v) is 6.35. The van der Waals surface area contributed by atoms with Gasteiger partial charge in [-0.2, -0.15) is 0 Å². The molecule has 2 nitrogen and oxygen atoms in total. The quantitative estimate of drug-likeness (QED) is 0.617. The van der Waals surface area contributed by atoms with Crippen molar-refractivity contribution in [1.82, 2.24) is 9.97 Å². The average Bonchev–Trinajstić information content (AvgIpc) is 2.91. The van der Waals surface area contributed by atoms with Crippen molar-refractivity contribution in [2.75, 3.05) is 0 Å². The highest BCUT2D eigenvalue weighted by molar-refractivity contribution is 14.1. The highest BCUT2D eigenvalue weighted by Crippen LogP contribution is 2.38. The van der Waals surface area contributed by atoms with Gasteiger partial charge in [0.2, 0.25) is 0 Å². The monoisotopic (exact) mass is 352 g/mol. The lowest BCUT2D eigenvalue weighted by Crippen LogP contribution is -2.08. The average molecular weight is 353 g/mol. The van der Waals surface area contributed by atoms with Crippen molar-refractivity contribution >= 4 is 38.5 Å². The van der Waals surface area contributed by atoms with E-state index in [-0.39, 0.29) is 0 Å². The molecule has 1 aliphatic carbocycles. The van der Waals surface area contributed by atoms with Crippen LogP contribution in [0.5, 0.6) is 0 Å². The van der Waals surface area contributed by atoms with E-state index in [1.54, 1.807) is 6.33 Å². The number of hydrogen-bond acceptors (Lipinski definition) is 2. The van der Waals surface area contributed by atoms with Gasteiger partial charge in [0, 0.05) is 17.4 Å². The Labute approximate surface area is 99.8 Å². The molecule has 0 bridgehead atoms. The fraction of sp³-hybridized carbons (Fsp3) is 0.556. The normalized spacial score (nSPS) is 18.6. The summed E-state index contributed by atoms with van der Waals surface area (Å²) in [6.07, 6.45) is 7.28. The Bertz CT molecular complexity index is 301. The SMILES string of the molecule is BrC(Cc1ncncc1I)C1CC1. The standard InChI is InChI=1S/C9H10BrIN2/c10-7(6-1-2-6)3-9-8(11)4-12-5-13-9/h4-7H,1-3H2. The summed E-state index contributed by atoms with van der Waals surface area (Å²) in [5.41, 5.74) is 1.17. The number of nitrogens with zero attached hydrogens (tertiary/aromatic N) is 2. The van der Waals surface area contributed by atoms with Gasteiger partial charge >= 0.3 is 0 Å². The second-order valence-corrected chi connectivity index (χ2v) is 5.71. The molecule has 70 valence electrons. The van der Waals surface area contributed by atoms with Crippen molar-refractivity contribution in [2.24, 2.45) is 5.92 Å². The minimum Gasteiger partial charge on any atom is -0.244 e. The van der Waals surface area contributed by atoms with Crippen LogP contribution in [-0.2, 0) is 6.42 Å². The summed E-state index contributed by atoms with van der Waals surface area (Å²) >= 11 is 6.00. The first-order valence-electron chi connectivity index (χ1n) is 4.36. The Morgan fingerprint density at radius 3 is 3.00 bits per heavy atom. The van der Waals surface area contributed by atoms with Crippen LogP contribution in [0.25, 0.3) is 0 Å². The Morgan fingerprint density at radius 2 is 2.38 bits per heavy atom. The zero-order chi connectivity index (χ0) is 9.26. The third kappa shape index (κ3) is 2.62. The van der Waals surface area contributed by atoms with Crippen LogP contribution in [0, 0.1) is 9.49 Å². The molecule has 1 unspecified atom stereocenters. The van der Waals surface area contributed by atoms with Gasteiger partial charge in [-0.15, -0.1) is 0 Å².